The van der Waals surface area contributed by atoms with Crippen LogP contribution in [0.25, 0.3) is 5.69 Å². The van der Waals surface area contributed by atoms with E-state index in [-0.39, 0.29) is 0 Å². The summed E-state index contributed by atoms with van der Waals surface area (Å²) in [6.45, 7) is 3.79. The first kappa shape index (κ1) is 10.5. The van der Waals surface area contributed by atoms with E-state index in [0.717, 1.165) is 17.1 Å². The number of nitrogens with zero attached hydrogens (tertiary/aromatic N) is 3. The third-order valence-corrected chi connectivity index (χ3v) is 2.85. The van der Waals surface area contributed by atoms with Gasteiger partial charge >= 0.3 is 0 Å². The van der Waals surface area contributed by atoms with Crippen LogP contribution in [0.15, 0.2) is 18.2 Å². The van der Waals surface area contributed by atoms with Crippen molar-refractivity contribution in [1.82, 2.24) is 14.8 Å². The van der Waals surface area contributed by atoms with Crippen molar-refractivity contribution in [2.75, 3.05) is 0 Å². The molecule has 0 aliphatic carbocycles. The minimum atomic E-state index is 0.340. The highest BCUT2D eigenvalue weighted by Gasteiger charge is 2.09. The molecule has 0 aliphatic rings. The first-order valence-corrected chi connectivity index (χ1v) is 5.19. The van der Waals surface area contributed by atoms with E-state index in [1.807, 2.05) is 32.0 Å². The lowest BCUT2D eigenvalue weighted by Gasteiger charge is -2.06. The molecule has 2 rings (SSSR count). The number of rotatable bonds is 1. The predicted molar refractivity (Wildman–Crippen MR) is 60.9 cm³/mol. The second-order valence-corrected chi connectivity index (χ2v) is 4.03. The largest absolute Gasteiger partial charge is 0.270 e. The molecule has 5 heteroatoms. The molecule has 0 amide bonds. The Hall–Kier alpha value is -1.06. The van der Waals surface area contributed by atoms with Crippen LogP contribution in [0.5, 0.6) is 0 Å². The molecule has 15 heavy (non-hydrogen) atoms. The van der Waals surface area contributed by atoms with Crippen molar-refractivity contribution in [3.05, 3.63) is 39.9 Å². The first-order chi connectivity index (χ1) is 7.09. The van der Waals surface area contributed by atoms with Crippen LogP contribution < -0.4 is 0 Å². The average Bonchev–Trinajstić information content (AvgIpc) is 2.52. The Kier molecular flexibility index (Phi) is 2.67. The van der Waals surface area contributed by atoms with Crippen molar-refractivity contribution in [1.29, 1.82) is 0 Å². The molecule has 0 N–H and O–H groups in total. The smallest absolute Gasteiger partial charge is 0.229 e. The van der Waals surface area contributed by atoms with Crippen LogP contribution in [0.4, 0.5) is 0 Å². The van der Waals surface area contributed by atoms with Gasteiger partial charge < -0.3 is 0 Å². The fourth-order valence-corrected chi connectivity index (χ4v) is 1.78. The molecule has 0 saturated carbocycles. The molecule has 0 aliphatic heterocycles. The highest BCUT2D eigenvalue weighted by Crippen LogP contribution is 2.22. The molecule has 78 valence electrons. The molecule has 1 aromatic heterocycles. The van der Waals surface area contributed by atoms with Crippen molar-refractivity contribution in [2.45, 2.75) is 13.8 Å². The highest BCUT2D eigenvalue weighted by atomic mass is 35.5. The molecule has 0 spiro atoms. The molecule has 0 saturated heterocycles. The predicted octanol–water partition coefficient (Wildman–Crippen LogP) is 3.19. The maximum atomic E-state index is 6.04. The summed E-state index contributed by atoms with van der Waals surface area (Å²) >= 11 is 12.0. The zero-order valence-corrected chi connectivity index (χ0v) is 9.84. The second kappa shape index (κ2) is 3.83. The maximum absolute atomic E-state index is 6.04. The fraction of sp³-hybridized carbons (Fsp3) is 0.200. The third-order valence-electron chi connectivity index (χ3n) is 2.20. The first-order valence-electron chi connectivity index (χ1n) is 4.43. The lowest BCUT2D eigenvalue weighted by atomic mass is 10.2. The minimum absolute atomic E-state index is 0.340. The third kappa shape index (κ3) is 1.85. The number of hydrogen-bond donors (Lipinski definition) is 0. The topological polar surface area (TPSA) is 30.7 Å². The zero-order chi connectivity index (χ0) is 11.0. The van der Waals surface area contributed by atoms with E-state index >= 15 is 0 Å². The van der Waals surface area contributed by atoms with Gasteiger partial charge in [0, 0.05) is 5.02 Å². The van der Waals surface area contributed by atoms with Crippen molar-refractivity contribution < 1.29 is 0 Å². The van der Waals surface area contributed by atoms with Gasteiger partial charge in [0.1, 0.15) is 5.82 Å². The van der Waals surface area contributed by atoms with Crippen LogP contribution in [0.3, 0.4) is 0 Å². The lowest BCUT2D eigenvalue weighted by Crippen LogP contribution is -1.97. The normalized spacial score (nSPS) is 10.7. The maximum Gasteiger partial charge on any atom is 0.229 e. The Balaban J connectivity index is 2.59. The Morgan fingerprint density at radius 3 is 2.40 bits per heavy atom. The van der Waals surface area contributed by atoms with Gasteiger partial charge in [-0.3, -0.25) is 4.57 Å². The number of halogens is 2. The Bertz CT molecular complexity index is 486. The van der Waals surface area contributed by atoms with Gasteiger partial charge in [0.15, 0.2) is 0 Å². The van der Waals surface area contributed by atoms with Gasteiger partial charge in [-0.2, -0.15) is 0 Å². The molecule has 2 aromatic rings. The summed E-state index contributed by atoms with van der Waals surface area (Å²) in [6.07, 6.45) is 0. The van der Waals surface area contributed by atoms with Gasteiger partial charge in [0.25, 0.3) is 0 Å². The van der Waals surface area contributed by atoms with Gasteiger partial charge in [-0.15, -0.1) is 10.2 Å². The van der Waals surface area contributed by atoms with Gasteiger partial charge in [0.05, 0.1) is 5.69 Å². The van der Waals surface area contributed by atoms with E-state index in [0.29, 0.717) is 10.3 Å². The minimum Gasteiger partial charge on any atom is -0.270 e. The molecular formula is C10H9Cl2N3. The molecular weight excluding hydrogens is 233 g/mol. The second-order valence-electron chi connectivity index (χ2n) is 3.29. The van der Waals surface area contributed by atoms with Crippen LogP contribution in [0.2, 0.25) is 10.3 Å². The summed E-state index contributed by atoms with van der Waals surface area (Å²) in [5, 5.41) is 8.71. The number of aromatic nitrogens is 3. The molecule has 1 aromatic carbocycles. The lowest BCUT2D eigenvalue weighted by molar-refractivity contribution is 0.969. The van der Waals surface area contributed by atoms with E-state index in [1.54, 1.807) is 4.57 Å². The van der Waals surface area contributed by atoms with Gasteiger partial charge in [0.2, 0.25) is 5.28 Å². The van der Waals surface area contributed by atoms with Crippen LogP contribution in [-0.4, -0.2) is 14.8 Å². The Morgan fingerprint density at radius 1 is 1.13 bits per heavy atom. The summed E-state index contributed by atoms with van der Waals surface area (Å²) in [7, 11) is 0. The Labute approximate surface area is 97.7 Å². The molecule has 0 unspecified atom stereocenters. The molecule has 3 nitrogen and oxygen atoms in total. The van der Waals surface area contributed by atoms with E-state index < -0.39 is 0 Å². The van der Waals surface area contributed by atoms with Crippen molar-refractivity contribution in [2.24, 2.45) is 0 Å². The highest BCUT2D eigenvalue weighted by molar-refractivity contribution is 6.31. The average molecular weight is 242 g/mol. The Morgan fingerprint density at radius 2 is 1.87 bits per heavy atom. The monoisotopic (exact) mass is 241 g/mol. The van der Waals surface area contributed by atoms with Crippen molar-refractivity contribution in [3.63, 3.8) is 0 Å². The van der Waals surface area contributed by atoms with Crippen LogP contribution >= 0.6 is 23.2 Å². The fourth-order valence-electron chi connectivity index (χ4n) is 1.35. The van der Waals surface area contributed by atoms with Crippen molar-refractivity contribution in [3.8, 4) is 5.69 Å². The SMILES string of the molecule is Cc1ccc(-n2c(C)nnc2Cl)cc1Cl. The van der Waals surface area contributed by atoms with E-state index in [1.165, 1.54) is 0 Å². The summed E-state index contributed by atoms with van der Waals surface area (Å²) < 4.78 is 1.74. The van der Waals surface area contributed by atoms with Gasteiger partial charge in [-0.25, -0.2) is 0 Å². The van der Waals surface area contributed by atoms with Crippen LogP contribution in [0, 0.1) is 13.8 Å². The van der Waals surface area contributed by atoms with Crippen molar-refractivity contribution >= 4 is 23.2 Å². The van der Waals surface area contributed by atoms with Crippen LogP contribution in [0.1, 0.15) is 11.4 Å². The number of hydrogen-bond acceptors (Lipinski definition) is 2. The van der Waals surface area contributed by atoms with Gasteiger partial charge in [-0.05, 0) is 43.1 Å². The number of aryl methyl sites for hydroxylation is 2. The molecule has 0 bridgehead atoms. The molecule has 1 heterocycles. The van der Waals surface area contributed by atoms with Crippen LogP contribution in [-0.2, 0) is 0 Å². The quantitative estimate of drug-likeness (QED) is 0.768. The molecule has 0 fully saturated rings. The standard InChI is InChI=1S/C10H9Cl2N3/c1-6-3-4-8(5-9(6)11)15-7(2)13-14-10(15)12/h3-5H,1-2H3. The zero-order valence-electron chi connectivity index (χ0n) is 8.33. The summed E-state index contributed by atoms with van der Waals surface area (Å²) in [5.41, 5.74) is 1.90. The summed E-state index contributed by atoms with van der Waals surface area (Å²) in [5.74, 6) is 0.736. The summed E-state index contributed by atoms with van der Waals surface area (Å²) in [6, 6.07) is 5.72. The molecule has 0 radical (unpaired) electrons. The van der Waals surface area contributed by atoms with E-state index in [9.17, 15) is 0 Å². The van der Waals surface area contributed by atoms with E-state index in [2.05, 4.69) is 10.2 Å². The van der Waals surface area contributed by atoms with E-state index in [4.69, 9.17) is 23.2 Å². The number of benzene rings is 1. The summed E-state index contributed by atoms with van der Waals surface area (Å²) in [4.78, 5) is 0. The van der Waals surface area contributed by atoms with Gasteiger partial charge in [-0.1, -0.05) is 17.7 Å². The molecule has 0 atom stereocenters.